The molecule has 5 aliphatic rings. The molecule has 2 saturated heterocycles. The number of imidazole rings is 1. The standard InChI is InChI=1S/C34H35N5S/c1-3-26(35-13-1)28-17-22-15-19(7-10-25(22)38-28)23-8-9-24(33-21-6-5-20(16-21)32(23)33)30-11-12-31(40-30)29-18-37-34(39-29)27-4-2-14-36-27/h7-12,15,18,20-21,26-27,35-36H,1-6,13-14,16-17H2,(H,37,39)/t20?,21?,26?,27-/m0/s1. The highest BCUT2D eigenvalue weighted by molar-refractivity contribution is 7.18. The Balaban J connectivity index is 1.05. The summed E-state index contributed by atoms with van der Waals surface area (Å²) in [6.07, 6.45) is 11.9. The fourth-order valence-corrected chi connectivity index (χ4v) is 9.25. The largest absolute Gasteiger partial charge is 0.340 e. The second kappa shape index (κ2) is 9.23. The lowest BCUT2D eigenvalue weighted by Gasteiger charge is -2.22. The van der Waals surface area contributed by atoms with Gasteiger partial charge in [-0.1, -0.05) is 18.2 Å². The Morgan fingerprint density at radius 2 is 1.55 bits per heavy atom. The van der Waals surface area contributed by atoms with Crippen molar-refractivity contribution in [1.29, 1.82) is 0 Å². The van der Waals surface area contributed by atoms with Gasteiger partial charge in [0.2, 0.25) is 0 Å². The van der Waals surface area contributed by atoms with Crippen LogP contribution in [0.1, 0.15) is 85.3 Å². The number of hydrogen-bond acceptors (Lipinski definition) is 5. The third-order valence-electron chi connectivity index (χ3n) is 10.1. The second-order valence-corrected chi connectivity index (χ2v) is 13.5. The maximum atomic E-state index is 5.03. The van der Waals surface area contributed by atoms with Crippen LogP contribution < -0.4 is 10.6 Å². The highest BCUT2D eigenvalue weighted by Crippen LogP contribution is 2.59. The molecule has 4 aromatic rings. The number of aromatic nitrogens is 2. The van der Waals surface area contributed by atoms with Gasteiger partial charge in [0, 0.05) is 23.1 Å². The van der Waals surface area contributed by atoms with Crippen LogP contribution in [-0.4, -0.2) is 34.8 Å². The predicted molar refractivity (Wildman–Crippen MR) is 164 cm³/mol. The minimum Gasteiger partial charge on any atom is -0.340 e. The van der Waals surface area contributed by atoms with E-state index in [1.807, 2.05) is 17.5 Å². The molecule has 9 rings (SSSR count). The molecule has 40 heavy (non-hydrogen) atoms. The minimum absolute atomic E-state index is 0.372. The SMILES string of the molecule is c1cc2c(cc1-c1ccc(-c3ccc(-c4cnc([C@@H]5CCCN5)[nH]4)s3)c3c1C1CCC3C1)CC(C1CCCN1)=N2. The van der Waals surface area contributed by atoms with Gasteiger partial charge in [0.25, 0.3) is 0 Å². The molecule has 2 bridgehead atoms. The van der Waals surface area contributed by atoms with Gasteiger partial charge in [0.05, 0.1) is 28.5 Å². The van der Waals surface area contributed by atoms with E-state index in [0.717, 1.165) is 31.0 Å². The molecule has 4 atom stereocenters. The average molecular weight is 546 g/mol. The van der Waals surface area contributed by atoms with Crippen molar-refractivity contribution in [2.75, 3.05) is 13.1 Å². The van der Waals surface area contributed by atoms with Crippen molar-refractivity contribution in [2.45, 2.75) is 75.3 Å². The summed E-state index contributed by atoms with van der Waals surface area (Å²) in [6, 6.07) is 17.3. The van der Waals surface area contributed by atoms with Crippen LogP contribution in [-0.2, 0) is 6.42 Å². The van der Waals surface area contributed by atoms with Gasteiger partial charge >= 0.3 is 0 Å². The van der Waals surface area contributed by atoms with E-state index in [4.69, 9.17) is 9.98 Å². The number of hydrogen-bond donors (Lipinski definition) is 3. The third-order valence-corrected chi connectivity index (χ3v) is 11.3. The Hall–Kier alpha value is -3.06. The van der Waals surface area contributed by atoms with Gasteiger partial charge in [0.15, 0.2) is 0 Å². The van der Waals surface area contributed by atoms with Crippen LogP contribution >= 0.6 is 11.3 Å². The van der Waals surface area contributed by atoms with E-state index in [0.29, 0.717) is 23.9 Å². The van der Waals surface area contributed by atoms with Crippen LogP contribution in [0, 0.1) is 0 Å². The molecule has 3 N–H and O–H groups in total. The average Bonchev–Trinajstić information content (AvgIpc) is 3.84. The van der Waals surface area contributed by atoms with E-state index in [1.54, 1.807) is 11.1 Å². The third kappa shape index (κ3) is 3.73. The Kier molecular flexibility index (Phi) is 5.45. The quantitative estimate of drug-likeness (QED) is 0.241. The molecule has 2 aromatic heterocycles. The molecule has 1 saturated carbocycles. The van der Waals surface area contributed by atoms with Gasteiger partial charge in [-0.15, -0.1) is 11.3 Å². The molecule has 0 amide bonds. The van der Waals surface area contributed by atoms with E-state index in [1.165, 1.54) is 88.4 Å². The van der Waals surface area contributed by atoms with Crippen LogP contribution in [0.5, 0.6) is 0 Å². The Morgan fingerprint density at radius 3 is 2.38 bits per heavy atom. The van der Waals surface area contributed by atoms with Crippen molar-refractivity contribution >= 4 is 22.7 Å². The number of nitrogens with zero attached hydrogens (tertiary/aromatic N) is 2. The van der Waals surface area contributed by atoms with Gasteiger partial charge in [-0.2, -0.15) is 0 Å². The summed E-state index contributed by atoms with van der Waals surface area (Å²) >= 11 is 1.91. The van der Waals surface area contributed by atoms with Crippen LogP contribution in [0.25, 0.3) is 32.1 Å². The topological polar surface area (TPSA) is 65.1 Å². The van der Waals surface area contributed by atoms with E-state index in [2.05, 4.69) is 58.1 Å². The first-order valence-corrected chi connectivity index (χ1v) is 16.1. The highest BCUT2D eigenvalue weighted by atomic mass is 32.1. The van der Waals surface area contributed by atoms with Crippen LogP contribution in [0.2, 0.25) is 0 Å². The van der Waals surface area contributed by atoms with Crippen molar-refractivity contribution < 1.29 is 0 Å². The first-order valence-electron chi connectivity index (χ1n) is 15.3. The summed E-state index contributed by atoms with van der Waals surface area (Å²) in [5.41, 5.74) is 12.6. The zero-order chi connectivity index (χ0) is 26.2. The Morgan fingerprint density at radius 1 is 0.775 bits per heavy atom. The van der Waals surface area contributed by atoms with Gasteiger partial charge in [0.1, 0.15) is 5.82 Å². The fourth-order valence-electron chi connectivity index (χ4n) is 8.24. The monoisotopic (exact) mass is 545 g/mol. The van der Waals surface area contributed by atoms with Crippen molar-refractivity contribution in [1.82, 2.24) is 20.6 Å². The number of aromatic amines is 1. The fraction of sp³-hybridized carbons (Fsp3) is 0.412. The van der Waals surface area contributed by atoms with Gasteiger partial charge in [-0.3, -0.25) is 4.99 Å². The van der Waals surface area contributed by atoms with Crippen molar-refractivity contribution in [3.05, 3.63) is 71.2 Å². The van der Waals surface area contributed by atoms with Gasteiger partial charge in [-0.05, 0) is 128 Å². The number of fused-ring (bicyclic) bond motifs is 6. The highest BCUT2D eigenvalue weighted by Gasteiger charge is 2.40. The first-order chi connectivity index (χ1) is 19.8. The summed E-state index contributed by atoms with van der Waals surface area (Å²) in [5.74, 6) is 2.48. The van der Waals surface area contributed by atoms with Crippen molar-refractivity contribution in [2.24, 2.45) is 4.99 Å². The number of rotatable bonds is 5. The molecule has 2 aromatic carbocycles. The summed E-state index contributed by atoms with van der Waals surface area (Å²) in [4.78, 5) is 16.0. The molecular weight excluding hydrogens is 510 g/mol. The Labute approximate surface area is 239 Å². The number of benzene rings is 2. The molecule has 202 valence electrons. The van der Waals surface area contributed by atoms with E-state index in [9.17, 15) is 0 Å². The molecule has 0 spiro atoms. The zero-order valence-electron chi connectivity index (χ0n) is 22.8. The number of nitrogens with one attached hydrogen (secondary N) is 3. The number of aliphatic imine (C=N–C) groups is 1. The van der Waals surface area contributed by atoms with E-state index >= 15 is 0 Å². The van der Waals surface area contributed by atoms with Gasteiger partial charge in [-0.25, -0.2) is 4.98 Å². The molecular formula is C34H35N5S. The Bertz CT molecular complexity index is 1650. The molecule has 2 aliphatic carbocycles. The summed E-state index contributed by atoms with van der Waals surface area (Å²) in [5, 5.41) is 7.20. The first kappa shape index (κ1) is 23.6. The molecule has 6 heteroatoms. The van der Waals surface area contributed by atoms with Crippen molar-refractivity contribution in [3.63, 3.8) is 0 Å². The lowest BCUT2D eigenvalue weighted by Crippen LogP contribution is -2.30. The maximum Gasteiger partial charge on any atom is 0.123 e. The lowest BCUT2D eigenvalue weighted by atomic mass is 9.82. The summed E-state index contributed by atoms with van der Waals surface area (Å²) < 4.78 is 0. The van der Waals surface area contributed by atoms with Gasteiger partial charge < -0.3 is 15.6 Å². The number of H-pyrrole nitrogens is 1. The smallest absolute Gasteiger partial charge is 0.123 e. The second-order valence-electron chi connectivity index (χ2n) is 12.5. The minimum atomic E-state index is 0.372. The number of thiophene rings is 1. The van der Waals surface area contributed by atoms with Crippen LogP contribution in [0.4, 0.5) is 5.69 Å². The molecule has 5 heterocycles. The molecule has 3 aliphatic heterocycles. The molecule has 0 radical (unpaired) electrons. The summed E-state index contributed by atoms with van der Waals surface area (Å²) in [7, 11) is 0. The maximum absolute atomic E-state index is 5.03. The van der Waals surface area contributed by atoms with Crippen LogP contribution in [0.15, 0.2) is 53.7 Å². The van der Waals surface area contributed by atoms with Crippen molar-refractivity contribution in [3.8, 4) is 32.1 Å². The molecule has 3 unspecified atom stereocenters. The predicted octanol–water partition coefficient (Wildman–Crippen LogP) is 7.64. The van der Waals surface area contributed by atoms with E-state index in [-0.39, 0.29) is 0 Å². The van der Waals surface area contributed by atoms with Crippen LogP contribution in [0.3, 0.4) is 0 Å². The normalized spacial score (nSPS) is 26.4. The summed E-state index contributed by atoms with van der Waals surface area (Å²) in [6.45, 7) is 2.21. The molecule has 5 nitrogen and oxygen atoms in total. The van der Waals surface area contributed by atoms with E-state index < -0.39 is 0 Å². The molecule has 3 fully saturated rings. The zero-order valence-corrected chi connectivity index (χ0v) is 23.6. The lowest BCUT2D eigenvalue weighted by molar-refractivity contribution is 0.613.